The van der Waals surface area contributed by atoms with Crippen LogP contribution in [-0.4, -0.2) is 27.5 Å². The third-order valence-corrected chi connectivity index (χ3v) is 2.92. The molecule has 1 unspecified atom stereocenters. The Morgan fingerprint density at radius 3 is 3.06 bits per heavy atom. The second kappa shape index (κ2) is 5.89. The average molecular weight is 266 g/mol. The summed E-state index contributed by atoms with van der Waals surface area (Å²) < 4.78 is 1.71. The van der Waals surface area contributed by atoms with Gasteiger partial charge in [-0.15, -0.1) is 0 Å². The van der Waals surface area contributed by atoms with E-state index in [1.54, 1.807) is 10.9 Å². The molecular formula is C13H16ClN3O. The predicted octanol–water partition coefficient (Wildman–Crippen LogP) is 2.32. The summed E-state index contributed by atoms with van der Waals surface area (Å²) in [5.41, 5.74) is 2.05. The standard InChI is InChI=1S/C13H16ClN3O/c1-10-3-4-11(14)7-13(10)15-8-12(18)9-17-6-2-5-16-17/h2-7,12,15,18H,8-9H2,1H3. The molecule has 0 saturated heterocycles. The molecule has 1 heterocycles. The highest BCUT2D eigenvalue weighted by molar-refractivity contribution is 6.30. The molecule has 2 N–H and O–H groups in total. The van der Waals surface area contributed by atoms with Gasteiger partial charge in [-0.05, 0) is 30.7 Å². The second-order valence-corrected chi connectivity index (χ2v) is 4.66. The summed E-state index contributed by atoms with van der Waals surface area (Å²) in [5.74, 6) is 0. The Morgan fingerprint density at radius 1 is 1.50 bits per heavy atom. The van der Waals surface area contributed by atoms with Gasteiger partial charge in [-0.3, -0.25) is 4.68 Å². The second-order valence-electron chi connectivity index (χ2n) is 4.22. The highest BCUT2D eigenvalue weighted by Gasteiger charge is 2.06. The zero-order valence-electron chi connectivity index (χ0n) is 10.2. The molecule has 1 aromatic heterocycles. The van der Waals surface area contributed by atoms with Crippen molar-refractivity contribution in [3.8, 4) is 0 Å². The van der Waals surface area contributed by atoms with Crippen molar-refractivity contribution in [1.82, 2.24) is 9.78 Å². The molecule has 0 amide bonds. The molecule has 0 radical (unpaired) electrons. The van der Waals surface area contributed by atoms with Crippen LogP contribution in [0.15, 0.2) is 36.7 Å². The molecule has 2 aromatic rings. The van der Waals surface area contributed by atoms with E-state index in [4.69, 9.17) is 11.6 Å². The lowest BCUT2D eigenvalue weighted by atomic mass is 10.2. The van der Waals surface area contributed by atoms with Gasteiger partial charge in [0.2, 0.25) is 0 Å². The zero-order valence-corrected chi connectivity index (χ0v) is 10.9. The number of aliphatic hydroxyl groups is 1. The van der Waals surface area contributed by atoms with Crippen molar-refractivity contribution in [2.24, 2.45) is 0 Å². The van der Waals surface area contributed by atoms with E-state index in [2.05, 4.69) is 10.4 Å². The first-order valence-corrected chi connectivity index (χ1v) is 6.18. The Morgan fingerprint density at radius 2 is 2.33 bits per heavy atom. The minimum Gasteiger partial charge on any atom is -0.389 e. The molecule has 0 aliphatic rings. The molecule has 1 atom stereocenters. The third-order valence-electron chi connectivity index (χ3n) is 2.68. The molecule has 4 nitrogen and oxygen atoms in total. The van der Waals surface area contributed by atoms with Gasteiger partial charge in [-0.25, -0.2) is 0 Å². The Labute approximate surface area is 111 Å². The molecule has 96 valence electrons. The minimum atomic E-state index is -0.497. The Hall–Kier alpha value is -1.52. The first-order valence-electron chi connectivity index (χ1n) is 5.80. The van der Waals surface area contributed by atoms with Gasteiger partial charge >= 0.3 is 0 Å². The van der Waals surface area contributed by atoms with Crippen LogP contribution in [0.3, 0.4) is 0 Å². The van der Waals surface area contributed by atoms with E-state index in [1.807, 2.05) is 37.4 Å². The number of hydrogen-bond donors (Lipinski definition) is 2. The molecule has 0 fully saturated rings. The SMILES string of the molecule is Cc1ccc(Cl)cc1NCC(O)Cn1cccn1. The van der Waals surface area contributed by atoms with Crippen molar-refractivity contribution >= 4 is 17.3 Å². The van der Waals surface area contributed by atoms with Crippen LogP contribution in [0.4, 0.5) is 5.69 Å². The van der Waals surface area contributed by atoms with Crippen LogP contribution in [0, 0.1) is 6.92 Å². The summed E-state index contributed by atoms with van der Waals surface area (Å²) in [6.45, 7) is 2.93. The van der Waals surface area contributed by atoms with Crippen molar-refractivity contribution in [1.29, 1.82) is 0 Å². The first kappa shape index (κ1) is 12.9. The summed E-state index contributed by atoms with van der Waals surface area (Å²) >= 11 is 5.93. The van der Waals surface area contributed by atoms with Crippen LogP contribution >= 0.6 is 11.6 Å². The van der Waals surface area contributed by atoms with Gasteiger partial charge in [0.1, 0.15) is 0 Å². The molecule has 5 heteroatoms. The molecule has 0 saturated carbocycles. The number of rotatable bonds is 5. The Kier molecular flexibility index (Phi) is 4.23. The highest BCUT2D eigenvalue weighted by Crippen LogP contribution is 2.19. The number of hydrogen-bond acceptors (Lipinski definition) is 3. The van der Waals surface area contributed by atoms with Gasteiger partial charge in [0.15, 0.2) is 0 Å². The molecule has 0 bridgehead atoms. The summed E-state index contributed by atoms with van der Waals surface area (Å²) in [5, 5.41) is 17.8. The molecule has 0 spiro atoms. The van der Waals surface area contributed by atoms with Crippen molar-refractivity contribution in [3.63, 3.8) is 0 Å². The largest absolute Gasteiger partial charge is 0.389 e. The molecule has 0 aliphatic heterocycles. The predicted molar refractivity (Wildman–Crippen MR) is 72.9 cm³/mol. The highest BCUT2D eigenvalue weighted by atomic mass is 35.5. The van der Waals surface area contributed by atoms with Crippen molar-refractivity contribution < 1.29 is 5.11 Å². The van der Waals surface area contributed by atoms with Crippen LogP contribution in [-0.2, 0) is 6.54 Å². The number of benzene rings is 1. The lowest BCUT2D eigenvalue weighted by molar-refractivity contribution is 0.161. The molecular weight excluding hydrogens is 250 g/mol. The fourth-order valence-corrected chi connectivity index (χ4v) is 1.87. The number of halogens is 1. The van der Waals surface area contributed by atoms with Crippen LogP contribution in [0.5, 0.6) is 0 Å². The number of nitrogens with zero attached hydrogens (tertiary/aromatic N) is 2. The smallest absolute Gasteiger partial charge is 0.0907 e. The maximum atomic E-state index is 9.89. The fraction of sp³-hybridized carbons (Fsp3) is 0.308. The normalized spacial score (nSPS) is 12.4. The van der Waals surface area contributed by atoms with Crippen LogP contribution in [0.1, 0.15) is 5.56 Å². The van der Waals surface area contributed by atoms with Crippen LogP contribution < -0.4 is 5.32 Å². The number of nitrogens with one attached hydrogen (secondary N) is 1. The van der Waals surface area contributed by atoms with Gasteiger partial charge in [0.25, 0.3) is 0 Å². The number of aromatic nitrogens is 2. The van der Waals surface area contributed by atoms with E-state index in [-0.39, 0.29) is 0 Å². The zero-order chi connectivity index (χ0) is 13.0. The summed E-state index contributed by atoms with van der Waals surface area (Å²) in [4.78, 5) is 0. The van der Waals surface area contributed by atoms with E-state index in [0.29, 0.717) is 18.1 Å². The molecule has 1 aromatic carbocycles. The molecule has 2 rings (SSSR count). The van der Waals surface area contributed by atoms with E-state index in [1.165, 1.54) is 0 Å². The number of aryl methyl sites for hydroxylation is 1. The first-order chi connectivity index (χ1) is 8.65. The monoisotopic (exact) mass is 265 g/mol. The minimum absolute atomic E-state index is 0.459. The van der Waals surface area contributed by atoms with Crippen molar-refractivity contribution in [2.75, 3.05) is 11.9 Å². The summed E-state index contributed by atoms with van der Waals surface area (Å²) in [6, 6.07) is 7.49. The van der Waals surface area contributed by atoms with Crippen LogP contribution in [0.2, 0.25) is 5.02 Å². The quantitative estimate of drug-likeness (QED) is 0.872. The van der Waals surface area contributed by atoms with E-state index < -0.39 is 6.10 Å². The fourth-order valence-electron chi connectivity index (χ4n) is 1.70. The lowest BCUT2D eigenvalue weighted by Gasteiger charge is -2.14. The van der Waals surface area contributed by atoms with E-state index in [9.17, 15) is 5.11 Å². The van der Waals surface area contributed by atoms with E-state index in [0.717, 1.165) is 11.3 Å². The Balaban J connectivity index is 1.89. The van der Waals surface area contributed by atoms with Gasteiger partial charge in [-0.2, -0.15) is 5.10 Å². The maximum Gasteiger partial charge on any atom is 0.0907 e. The maximum absolute atomic E-state index is 9.89. The summed E-state index contributed by atoms with van der Waals surface area (Å²) in [6.07, 6.45) is 3.03. The molecule has 0 aliphatic carbocycles. The van der Waals surface area contributed by atoms with Crippen molar-refractivity contribution in [3.05, 3.63) is 47.2 Å². The number of anilines is 1. The average Bonchev–Trinajstić information content (AvgIpc) is 2.83. The van der Waals surface area contributed by atoms with Gasteiger partial charge in [-0.1, -0.05) is 17.7 Å². The van der Waals surface area contributed by atoms with Gasteiger partial charge in [0.05, 0.1) is 12.6 Å². The topological polar surface area (TPSA) is 50.1 Å². The van der Waals surface area contributed by atoms with E-state index >= 15 is 0 Å². The summed E-state index contributed by atoms with van der Waals surface area (Å²) in [7, 11) is 0. The van der Waals surface area contributed by atoms with Gasteiger partial charge in [0, 0.05) is 29.6 Å². The van der Waals surface area contributed by atoms with Crippen molar-refractivity contribution in [2.45, 2.75) is 19.6 Å². The molecule has 18 heavy (non-hydrogen) atoms. The number of aliphatic hydroxyl groups excluding tert-OH is 1. The van der Waals surface area contributed by atoms with Gasteiger partial charge < -0.3 is 10.4 Å². The Bertz CT molecular complexity index is 499. The lowest BCUT2D eigenvalue weighted by Crippen LogP contribution is -2.25. The third kappa shape index (κ3) is 3.48. The van der Waals surface area contributed by atoms with Crippen LogP contribution in [0.25, 0.3) is 0 Å².